The Balaban J connectivity index is 2.10. The fourth-order valence-corrected chi connectivity index (χ4v) is 2.30. The summed E-state index contributed by atoms with van der Waals surface area (Å²) in [7, 11) is 0. The minimum atomic E-state index is -0.243. The summed E-state index contributed by atoms with van der Waals surface area (Å²) in [4.78, 5) is 12.2. The second kappa shape index (κ2) is 7.34. The number of rotatable bonds is 5. The maximum Gasteiger partial charge on any atom is 0.255 e. The van der Waals surface area contributed by atoms with Crippen LogP contribution in [0.25, 0.3) is 0 Å². The van der Waals surface area contributed by atoms with Gasteiger partial charge in [0.05, 0.1) is 15.7 Å². The number of para-hydroxylation sites is 1. The number of halogens is 2. The molecule has 0 aromatic heterocycles. The van der Waals surface area contributed by atoms with Gasteiger partial charge in [-0.2, -0.15) is 0 Å². The Hall–Kier alpha value is -1.71. The molecule has 0 saturated carbocycles. The molecule has 0 bridgehead atoms. The number of carbonyl (C=O) groups is 1. The van der Waals surface area contributed by atoms with E-state index in [9.17, 15) is 4.79 Å². The molecule has 2 rings (SSSR count). The topological polar surface area (TPSA) is 41.1 Å². The van der Waals surface area contributed by atoms with Crippen LogP contribution >= 0.6 is 23.2 Å². The van der Waals surface area contributed by atoms with Crippen molar-refractivity contribution in [3.63, 3.8) is 0 Å². The number of amides is 1. The highest BCUT2D eigenvalue weighted by Gasteiger charge is 2.11. The Morgan fingerprint density at radius 1 is 1.05 bits per heavy atom. The lowest BCUT2D eigenvalue weighted by atomic mass is 10.2. The lowest BCUT2D eigenvalue weighted by Gasteiger charge is -2.10. The summed E-state index contributed by atoms with van der Waals surface area (Å²) in [6, 6.07) is 12.4. The van der Waals surface area contributed by atoms with Gasteiger partial charge >= 0.3 is 0 Å². The van der Waals surface area contributed by atoms with E-state index in [1.807, 2.05) is 12.1 Å². The molecule has 1 amide bonds. The van der Waals surface area contributed by atoms with Gasteiger partial charge in [0.1, 0.15) is 0 Å². The van der Waals surface area contributed by atoms with E-state index in [0.717, 1.165) is 18.7 Å². The summed E-state index contributed by atoms with van der Waals surface area (Å²) in [5.41, 5.74) is 1.97. The molecule has 5 heteroatoms. The molecule has 0 unspecified atom stereocenters. The van der Waals surface area contributed by atoms with Crippen LogP contribution in [0.1, 0.15) is 23.7 Å². The largest absolute Gasteiger partial charge is 0.385 e. The van der Waals surface area contributed by atoms with Crippen LogP contribution in [0.4, 0.5) is 11.4 Å². The molecule has 0 aliphatic carbocycles. The van der Waals surface area contributed by atoms with Gasteiger partial charge in [-0.3, -0.25) is 4.79 Å². The average Bonchev–Trinajstić information content (AvgIpc) is 2.49. The van der Waals surface area contributed by atoms with Gasteiger partial charge in [0, 0.05) is 17.8 Å². The van der Waals surface area contributed by atoms with Crippen LogP contribution < -0.4 is 10.6 Å². The van der Waals surface area contributed by atoms with Crippen molar-refractivity contribution >= 4 is 40.5 Å². The molecule has 0 spiro atoms. The molecule has 21 heavy (non-hydrogen) atoms. The third-order valence-electron chi connectivity index (χ3n) is 2.93. The number of carbonyl (C=O) groups excluding carboxylic acids is 1. The fraction of sp³-hybridized carbons (Fsp3) is 0.188. The number of benzene rings is 2. The van der Waals surface area contributed by atoms with E-state index in [1.165, 1.54) is 0 Å². The molecule has 110 valence electrons. The highest BCUT2D eigenvalue weighted by atomic mass is 35.5. The Bertz CT molecular complexity index is 606. The van der Waals surface area contributed by atoms with Crippen molar-refractivity contribution in [2.24, 2.45) is 0 Å². The molecule has 2 aromatic carbocycles. The number of nitrogens with one attached hydrogen (secondary N) is 2. The van der Waals surface area contributed by atoms with Crippen LogP contribution in [-0.4, -0.2) is 12.5 Å². The number of hydrogen-bond acceptors (Lipinski definition) is 2. The van der Waals surface area contributed by atoms with E-state index in [0.29, 0.717) is 21.3 Å². The third kappa shape index (κ3) is 4.13. The number of hydrogen-bond donors (Lipinski definition) is 2. The maximum absolute atomic E-state index is 12.2. The quantitative estimate of drug-likeness (QED) is 0.807. The molecule has 2 aromatic rings. The zero-order valence-electron chi connectivity index (χ0n) is 11.6. The van der Waals surface area contributed by atoms with Crippen LogP contribution in [-0.2, 0) is 0 Å². The Morgan fingerprint density at radius 2 is 1.67 bits per heavy atom. The first-order chi connectivity index (χ1) is 10.1. The van der Waals surface area contributed by atoms with Crippen LogP contribution in [0, 0.1) is 0 Å². The van der Waals surface area contributed by atoms with Crippen LogP contribution in [0.5, 0.6) is 0 Å². The fourth-order valence-electron chi connectivity index (χ4n) is 1.81. The lowest BCUT2D eigenvalue weighted by molar-refractivity contribution is 0.102. The summed E-state index contributed by atoms with van der Waals surface area (Å²) >= 11 is 12.1. The molecule has 2 N–H and O–H groups in total. The normalized spacial score (nSPS) is 10.2. The molecule has 0 atom stereocenters. The second-order valence-electron chi connectivity index (χ2n) is 4.55. The van der Waals surface area contributed by atoms with E-state index in [1.54, 1.807) is 30.3 Å². The summed E-state index contributed by atoms with van der Waals surface area (Å²) < 4.78 is 0. The first-order valence-electron chi connectivity index (χ1n) is 6.71. The predicted molar refractivity (Wildman–Crippen MR) is 89.6 cm³/mol. The average molecular weight is 323 g/mol. The maximum atomic E-state index is 12.2. The minimum absolute atomic E-state index is 0.243. The van der Waals surface area contributed by atoms with E-state index < -0.39 is 0 Å². The molecule has 0 fully saturated rings. The summed E-state index contributed by atoms with van der Waals surface area (Å²) in [6.07, 6.45) is 1.05. The van der Waals surface area contributed by atoms with Crippen molar-refractivity contribution in [2.75, 3.05) is 17.2 Å². The minimum Gasteiger partial charge on any atom is -0.385 e. The predicted octanol–water partition coefficient (Wildman–Crippen LogP) is 5.07. The van der Waals surface area contributed by atoms with Gasteiger partial charge in [0.15, 0.2) is 0 Å². The lowest BCUT2D eigenvalue weighted by Crippen LogP contribution is -2.12. The van der Waals surface area contributed by atoms with Crippen molar-refractivity contribution < 1.29 is 4.79 Å². The summed E-state index contributed by atoms with van der Waals surface area (Å²) in [5, 5.41) is 6.82. The van der Waals surface area contributed by atoms with E-state index in [-0.39, 0.29) is 5.91 Å². The van der Waals surface area contributed by atoms with Gasteiger partial charge < -0.3 is 10.6 Å². The van der Waals surface area contributed by atoms with Gasteiger partial charge in [0.25, 0.3) is 5.91 Å². The van der Waals surface area contributed by atoms with Gasteiger partial charge in [-0.25, -0.2) is 0 Å². The van der Waals surface area contributed by atoms with E-state index >= 15 is 0 Å². The van der Waals surface area contributed by atoms with Gasteiger partial charge in [-0.05, 0) is 42.8 Å². The van der Waals surface area contributed by atoms with Gasteiger partial charge in [-0.15, -0.1) is 0 Å². The highest BCUT2D eigenvalue weighted by molar-refractivity contribution is 6.40. The Morgan fingerprint density at radius 3 is 2.24 bits per heavy atom. The van der Waals surface area contributed by atoms with Gasteiger partial charge in [-0.1, -0.05) is 36.2 Å². The first kappa shape index (κ1) is 15.7. The molecule has 0 aliphatic heterocycles. The van der Waals surface area contributed by atoms with Crippen LogP contribution in [0.3, 0.4) is 0 Å². The molecular weight excluding hydrogens is 307 g/mol. The zero-order valence-corrected chi connectivity index (χ0v) is 13.1. The molecule has 0 radical (unpaired) electrons. The standard InChI is InChI=1S/C16H16Cl2N2O/c1-2-10-19-12-8-6-11(7-9-12)16(21)20-15-13(17)4-3-5-14(15)18/h3-9,19H,2,10H2,1H3,(H,20,21). The molecule has 0 heterocycles. The van der Waals surface area contributed by atoms with Crippen molar-refractivity contribution in [3.8, 4) is 0 Å². The third-order valence-corrected chi connectivity index (χ3v) is 3.56. The monoisotopic (exact) mass is 322 g/mol. The molecular formula is C16H16Cl2N2O. The van der Waals surface area contributed by atoms with E-state index in [2.05, 4.69) is 17.6 Å². The van der Waals surface area contributed by atoms with Crippen LogP contribution in [0.15, 0.2) is 42.5 Å². The van der Waals surface area contributed by atoms with Crippen molar-refractivity contribution in [2.45, 2.75) is 13.3 Å². The Kier molecular flexibility index (Phi) is 5.48. The summed E-state index contributed by atoms with van der Waals surface area (Å²) in [5.74, 6) is -0.243. The van der Waals surface area contributed by atoms with Crippen molar-refractivity contribution in [1.29, 1.82) is 0 Å². The van der Waals surface area contributed by atoms with Crippen molar-refractivity contribution in [3.05, 3.63) is 58.1 Å². The number of anilines is 2. The Labute approximate surface area is 134 Å². The zero-order chi connectivity index (χ0) is 15.2. The van der Waals surface area contributed by atoms with Crippen molar-refractivity contribution in [1.82, 2.24) is 0 Å². The molecule has 0 aliphatic rings. The summed E-state index contributed by atoms with van der Waals surface area (Å²) in [6.45, 7) is 3.00. The second-order valence-corrected chi connectivity index (χ2v) is 5.37. The van der Waals surface area contributed by atoms with Gasteiger partial charge in [0.2, 0.25) is 0 Å². The van der Waals surface area contributed by atoms with E-state index in [4.69, 9.17) is 23.2 Å². The SMILES string of the molecule is CCCNc1ccc(C(=O)Nc2c(Cl)cccc2Cl)cc1. The van der Waals surface area contributed by atoms with Crippen LogP contribution in [0.2, 0.25) is 10.0 Å². The first-order valence-corrected chi connectivity index (χ1v) is 7.46. The smallest absolute Gasteiger partial charge is 0.255 e. The highest BCUT2D eigenvalue weighted by Crippen LogP contribution is 2.30. The molecule has 3 nitrogen and oxygen atoms in total. The molecule has 0 saturated heterocycles.